The molecule has 0 bridgehead atoms. The number of H-pyrrole nitrogens is 1. The summed E-state index contributed by atoms with van der Waals surface area (Å²) in [7, 11) is -3.30. The van der Waals surface area contributed by atoms with Crippen LogP contribution in [0.15, 0.2) is 42.6 Å². The van der Waals surface area contributed by atoms with Crippen LogP contribution in [-0.2, 0) is 16.6 Å². The zero-order valence-corrected chi connectivity index (χ0v) is 19.7. The van der Waals surface area contributed by atoms with Crippen molar-refractivity contribution in [2.75, 3.05) is 28.9 Å². The van der Waals surface area contributed by atoms with E-state index in [1.807, 2.05) is 32.2 Å². The van der Waals surface area contributed by atoms with E-state index in [1.54, 1.807) is 0 Å². The summed E-state index contributed by atoms with van der Waals surface area (Å²) in [6.45, 7) is 6.75. The van der Waals surface area contributed by atoms with Crippen LogP contribution in [0.3, 0.4) is 0 Å². The van der Waals surface area contributed by atoms with E-state index in [-0.39, 0.29) is 5.75 Å². The molecule has 1 saturated heterocycles. The normalized spacial score (nSPS) is 17.5. The number of nitrogens with zero attached hydrogens (tertiary/aromatic N) is 2. The van der Waals surface area contributed by atoms with Crippen LogP contribution in [0, 0.1) is 6.92 Å². The van der Waals surface area contributed by atoms with Gasteiger partial charge in [-0.25, -0.2) is 8.42 Å². The third kappa shape index (κ3) is 5.81. The maximum atomic E-state index is 12.4. The molecule has 172 valence electrons. The van der Waals surface area contributed by atoms with Crippen molar-refractivity contribution in [2.45, 2.75) is 52.1 Å². The largest absolute Gasteiger partial charge is 0.381 e. The first kappa shape index (κ1) is 22.6. The quantitative estimate of drug-likeness (QED) is 0.442. The van der Waals surface area contributed by atoms with Gasteiger partial charge in [-0.15, -0.1) is 0 Å². The Morgan fingerprint density at radius 3 is 2.94 bits per heavy atom. The van der Waals surface area contributed by atoms with Crippen molar-refractivity contribution in [3.05, 3.63) is 53.7 Å². The Morgan fingerprint density at radius 2 is 2.09 bits per heavy atom. The number of likely N-dealkylation sites (tertiary alicyclic amines) is 1. The molecule has 0 saturated carbocycles. The van der Waals surface area contributed by atoms with Crippen molar-refractivity contribution >= 4 is 32.3 Å². The van der Waals surface area contributed by atoms with Gasteiger partial charge in [0.1, 0.15) is 0 Å². The molecule has 4 rings (SSSR count). The molecule has 1 fully saturated rings. The number of rotatable bonds is 9. The molecule has 32 heavy (non-hydrogen) atoms. The van der Waals surface area contributed by atoms with Gasteiger partial charge in [-0.1, -0.05) is 25.5 Å². The molecule has 1 aliphatic heterocycles. The lowest BCUT2D eigenvalue weighted by Crippen LogP contribution is -2.41. The minimum atomic E-state index is -3.30. The zero-order valence-electron chi connectivity index (χ0n) is 18.9. The average molecular weight is 456 g/mol. The molecule has 1 aliphatic rings. The number of anilines is 2. The van der Waals surface area contributed by atoms with Crippen LogP contribution in [0.1, 0.15) is 43.7 Å². The summed E-state index contributed by atoms with van der Waals surface area (Å²) in [5.41, 5.74) is 4.93. The molecule has 1 aromatic heterocycles. The van der Waals surface area contributed by atoms with Crippen LogP contribution < -0.4 is 10.0 Å². The summed E-state index contributed by atoms with van der Waals surface area (Å²) in [4.78, 5) is 2.44. The van der Waals surface area contributed by atoms with E-state index in [4.69, 9.17) is 0 Å². The molecule has 3 N–H and O–H groups in total. The van der Waals surface area contributed by atoms with E-state index in [0.717, 1.165) is 66.6 Å². The Bertz CT molecular complexity index is 1160. The van der Waals surface area contributed by atoms with E-state index in [1.165, 1.54) is 0 Å². The fraction of sp³-hybridized carbons (Fsp3) is 0.458. The van der Waals surface area contributed by atoms with Crippen LogP contribution in [0.5, 0.6) is 0 Å². The highest BCUT2D eigenvalue weighted by molar-refractivity contribution is 7.92. The van der Waals surface area contributed by atoms with Crippen LogP contribution in [0.2, 0.25) is 0 Å². The van der Waals surface area contributed by atoms with Gasteiger partial charge in [-0.3, -0.25) is 14.7 Å². The number of fused-ring (bicyclic) bond motifs is 1. The standard InChI is InChI=1S/C24H33N5O2S/c1-3-4-12-32(30,31)28-24-13-19(8-7-18(24)2)16-29-11-5-6-22(17-29)26-21-9-10-23-20(14-21)15-25-27-23/h7-10,13-15,22,26,28H,3-6,11-12,16-17H2,1-2H3,(H,25,27). The van der Waals surface area contributed by atoms with E-state index < -0.39 is 10.0 Å². The van der Waals surface area contributed by atoms with Gasteiger partial charge in [0, 0.05) is 30.2 Å². The average Bonchev–Trinajstić information content (AvgIpc) is 3.23. The van der Waals surface area contributed by atoms with Crippen LogP contribution in [0.25, 0.3) is 10.9 Å². The molecule has 7 nitrogen and oxygen atoms in total. The summed E-state index contributed by atoms with van der Waals surface area (Å²) in [6, 6.07) is 12.8. The molecule has 0 spiro atoms. The summed E-state index contributed by atoms with van der Waals surface area (Å²) < 4.78 is 27.5. The Kier molecular flexibility index (Phi) is 7.01. The third-order valence-corrected chi connectivity index (χ3v) is 7.41. The van der Waals surface area contributed by atoms with E-state index in [2.05, 4.69) is 49.4 Å². The molecule has 0 amide bonds. The number of unbranched alkanes of at least 4 members (excludes halogenated alkanes) is 1. The van der Waals surface area contributed by atoms with Crippen LogP contribution >= 0.6 is 0 Å². The number of aromatic amines is 1. The van der Waals surface area contributed by atoms with Gasteiger partial charge in [0.15, 0.2) is 0 Å². The molecule has 8 heteroatoms. The predicted octanol–water partition coefficient (Wildman–Crippen LogP) is 4.49. The van der Waals surface area contributed by atoms with Gasteiger partial charge in [0.2, 0.25) is 10.0 Å². The Labute approximate surface area is 190 Å². The summed E-state index contributed by atoms with van der Waals surface area (Å²) in [5, 5.41) is 11.9. The Morgan fingerprint density at radius 1 is 1.22 bits per heavy atom. The number of benzene rings is 2. The van der Waals surface area contributed by atoms with Gasteiger partial charge in [0.05, 0.1) is 23.2 Å². The van der Waals surface area contributed by atoms with E-state index in [9.17, 15) is 8.42 Å². The third-order valence-electron chi connectivity index (χ3n) is 6.06. The first-order chi connectivity index (χ1) is 15.4. The van der Waals surface area contributed by atoms with Crippen molar-refractivity contribution < 1.29 is 8.42 Å². The minimum absolute atomic E-state index is 0.164. The van der Waals surface area contributed by atoms with Crippen molar-refractivity contribution in [3.63, 3.8) is 0 Å². The Hall–Kier alpha value is -2.58. The van der Waals surface area contributed by atoms with E-state index >= 15 is 0 Å². The highest BCUT2D eigenvalue weighted by Crippen LogP contribution is 2.23. The smallest absolute Gasteiger partial charge is 0.232 e. The summed E-state index contributed by atoms with van der Waals surface area (Å²) >= 11 is 0. The maximum absolute atomic E-state index is 12.4. The first-order valence-corrected chi connectivity index (χ1v) is 13.1. The lowest BCUT2D eigenvalue weighted by molar-refractivity contribution is 0.208. The van der Waals surface area contributed by atoms with Crippen molar-refractivity contribution in [1.82, 2.24) is 15.1 Å². The molecular formula is C24H33N5O2S. The second kappa shape index (κ2) is 9.92. The fourth-order valence-electron chi connectivity index (χ4n) is 4.27. The highest BCUT2D eigenvalue weighted by atomic mass is 32.2. The van der Waals surface area contributed by atoms with Crippen LogP contribution in [0.4, 0.5) is 11.4 Å². The number of aromatic nitrogens is 2. The van der Waals surface area contributed by atoms with Crippen molar-refractivity contribution in [2.24, 2.45) is 0 Å². The fourth-order valence-corrected chi connectivity index (χ4v) is 5.60. The number of sulfonamides is 1. The zero-order chi connectivity index (χ0) is 22.6. The second-order valence-electron chi connectivity index (χ2n) is 8.81. The molecule has 2 aromatic carbocycles. The lowest BCUT2D eigenvalue weighted by Gasteiger charge is -2.34. The SMILES string of the molecule is CCCCS(=O)(=O)Nc1cc(CN2CCCC(Nc3ccc4[nH]ncc4c3)C2)ccc1C. The number of hydrogen-bond donors (Lipinski definition) is 3. The predicted molar refractivity (Wildman–Crippen MR) is 132 cm³/mol. The van der Waals surface area contributed by atoms with Crippen molar-refractivity contribution in [1.29, 1.82) is 0 Å². The van der Waals surface area contributed by atoms with Crippen molar-refractivity contribution in [3.8, 4) is 0 Å². The summed E-state index contributed by atoms with van der Waals surface area (Å²) in [6.07, 6.45) is 5.65. The molecule has 1 unspecified atom stereocenters. The Balaban J connectivity index is 1.39. The molecule has 0 radical (unpaired) electrons. The topological polar surface area (TPSA) is 90.1 Å². The maximum Gasteiger partial charge on any atom is 0.232 e. The second-order valence-corrected chi connectivity index (χ2v) is 10.7. The molecular weight excluding hydrogens is 422 g/mol. The van der Waals surface area contributed by atoms with Gasteiger partial charge >= 0.3 is 0 Å². The van der Waals surface area contributed by atoms with Gasteiger partial charge in [0.25, 0.3) is 0 Å². The van der Waals surface area contributed by atoms with Crippen LogP contribution in [-0.4, -0.2) is 48.4 Å². The minimum Gasteiger partial charge on any atom is -0.381 e. The van der Waals surface area contributed by atoms with E-state index in [0.29, 0.717) is 18.2 Å². The van der Waals surface area contributed by atoms with Gasteiger partial charge in [-0.2, -0.15) is 5.10 Å². The summed E-state index contributed by atoms with van der Waals surface area (Å²) in [5.74, 6) is 0.164. The molecule has 3 aromatic rings. The number of piperidine rings is 1. The number of aryl methyl sites for hydroxylation is 1. The first-order valence-electron chi connectivity index (χ1n) is 11.4. The van der Waals surface area contributed by atoms with Gasteiger partial charge < -0.3 is 5.32 Å². The molecule has 1 atom stereocenters. The highest BCUT2D eigenvalue weighted by Gasteiger charge is 2.20. The monoisotopic (exact) mass is 455 g/mol. The lowest BCUT2D eigenvalue weighted by atomic mass is 10.0. The number of nitrogens with one attached hydrogen (secondary N) is 3. The van der Waals surface area contributed by atoms with Gasteiger partial charge in [-0.05, 0) is 68.1 Å². The number of hydrogen-bond acceptors (Lipinski definition) is 5. The molecule has 0 aliphatic carbocycles. The molecule has 2 heterocycles.